The zero-order chi connectivity index (χ0) is 22.2. The summed E-state index contributed by atoms with van der Waals surface area (Å²) in [5, 5.41) is 5.54. The van der Waals surface area contributed by atoms with Crippen LogP contribution >= 0.6 is 11.6 Å². The number of aryl methyl sites for hydroxylation is 1. The zero-order valence-corrected chi connectivity index (χ0v) is 19.9. The predicted octanol–water partition coefficient (Wildman–Crippen LogP) is 7.29. The summed E-state index contributed by atoms with van der Waals surface area (Å²) < 4.78 is 0. The molecule has 3 rings (SSSR count). The van der Waals surface area contributed by atoms with Gasteiger partial charge in [0.05, 0.1) is 11.2 Å². The van der Waals surface area contributed by atoms with Crippen molar-refractivity contribution < 1.29 is 0 Å². The second kappa shape index (κ2) is 11.3. The van der Waals surface area contributed by atoms with Gasteiger partial charge < -0.3 is 10.2 Å². The quantitative estimate of drug-likeness (QED) is 0.362. The van der Waals surface area contributed by atoms with Crippen LogP contribution in [0.3, 0.4) is 0 Å². The molecule has 0 bridgehead atoms. The normalized spacial score (nSPS) is 12.7. The lowest BCUT2D eigenvalue weighted by Gasteiger charge is -2.21. The van der Waals surface area contributed by atoms with Gasteiger partial charge in [-0.25, -0.2) is 4.98 Å². The summed E-state index contributed by atoms with van der Waals surface area (Å²) in [6, 6.07) is 16.8. The molecular weight excluding hydrogens is 402 g/mol. The third kappa shape index (κ3) is 6.56. The molecule has 0 aliphatic heterocycles. The highest BCUT2D eigenvalue weighted by molar-refractivity contribution is 6.31. The van der Waals surface area contributed by atoms with Crippen LogP contribution < -0.4 is 5.32 Å². The van der Waals surface area contributed by atoms with Gasteiger partial charge in [-0.1, -0.05) is 55.8 Å². The van der Waals surface area contributed by atoms with E-state index in [9.17, 15) is 0 Å². The standard InChI is InChI=1S/C27H34ClN3/c1-5-31(6-2)17-9-11-21(4)29-27-19-24(15-13-22-12-8-7-10-20(22)3)30-26-18-23(28)14-16-25(26)27/h7-8,10,12-16,18-19,21H,5-6,9,11,17H2,1-4H3,(H,29,30). The van der Waals surface area contributed by atoms with Crippen LogP contribution in [0.2, 0.25) is 5.02 Å². The Labute approximate surface area is 192 Å². The lowest BCUT2D eigenvalue weighted by molar-refractivity contribution is 0.295. The number of aromatic nitrogens is 1. The molecule has 0 amide bonds. The Hall–Kier alpha value is -2.36. The summed E-state index contributed by atoms with van der Waals surface area (Å²) in [4.78, 5) is 7.32. The zero-order valence-electron chi connectivity index (χ0n) is 19.2. The summed E-state index contributed by atoms with van der Waals surface area (Å²) in [5.41, 5.74) is 5.41. The number of anilines is 1. The van der Waals surface area contributed by atoms with Gasteiger partial charge in [0, 0.05) is 22.1 Å². The molecule has 1 heterocycles. The van der Waals surface area contributed by atoms with Gasteiger partial charge in [0.25, 0.3) is 0 Å². The number of pyridine rings is 1. The summed E-state index contributed by atoms with van der Waals surface area (Å²) in [7, 11) is 0. The van der Waals surface area contributed by atoms with Crippen molar-refractivity contribution >= 4 is 40.3 Å². The molecule has 1 unspecified atom stereocenters. The third-order valence-electron chi connectivity index (χ3n) is 5.82. The first kappa shape index (κ1) is 23.3. The molecule has 3 nitrogen and oxygen atoms in total. The number of fused-ring (bicyclic) bond motifs is 1. The molecule has 2 aromatic carbocycles. The molecule has 3 aromatic rings. The molecule has 0 spiro atoms. The molecule has 1 aromatic heterocycles. The Balaban J connectivity index is 1.81. The largest absolute Gasteiger partial charge is 0.382 e. The summed E-state index contributed by atoms with van der Waals surface area (Å²) in [6.07, 6.45) is 6.53. The number of hydrogen-bond donors (Lipinski definition) is 1. The van der Waals surface area contributed by atoms with Crippen LogP contribution in [0.5, 0.6) is 0 Å². The highest BCUT2D eigenvalue weighted by Gasteiger charge is 2.10. The molecule has 4 heteroatoms. The van der Waals surface area contributed by atoms with E-state index in [1.807, 2.05) is 12.1 Å². The first-order chi connectivity index (χ1) is 15.0. The summed E-state index contributed by atoms with van der Waals surface area (Å²) in [6.45, 7) is 12.2. The van der Waals surface area contributed by atoms with E-state index in [0.29, 0.717) is 11.1 Å². The van der Waals surface area contributed by atoms with E-state index >= 15 is 0 Å². The van der Waals surface area contributed by atoms with E-state index in [1.54, 1.807) is 0 Å². The van der Waals surface area contributed by atoms with Gasteiger partial charge >= 0.3 is 0 Å². The van der Waals surface area contributed by atoms with Gasteiger partial charge in [-0.3, -0.25) is 0 Å². The molecule has 1 N–H and O–H groups in total. The Morgan fingerprint density at radius 1 is 1.06 bits per heavy atom. The van der Waals surface area contributed by atoms with Crippen molar-refractivity contribution in [1.29, 1.82) is 0 Å². The Morgan fingerprint density at radius 3 is 2.58 bits per heavy atom. The fraction of sp³-hybridized carbons (Fsp3) is 0.370. The average Bonchev–Trinajstić information content (AvgIpc) is 2.76. The maximum absolute atomic E-state index is 6.27. The van der Waals surface area contributed by atoms with Crippen molar-refractivity contribution in [2.24, 2.45) is 0 Å². The smallest absolute Gasteiger partial charge is 0.0744 e. The molecule has 0 saturated carbocycles. The molecule has 0 aliphatic rings. The van der Waals surface area contributed by atoms with Crippen molar-refractivity contribution in [3.05, 3.63) is 70.4 Å². The molecule has 164 valence electrons. The number of nitrogens with one attached hydrogen (secondary N) is 1. The fourth-order valence-corrected chi connectivity index (χ4v) is 4.04. The number of nitrogens with zero attached hydrogens (tertiary/aromatic N) is 2. The fourth-order valence-electron chi connectivity index (χ4n) is 3.87. The van der Waals surface area contributed by atoms with E-state index in [2.05, 4.69) is 86.5 Å². The topological polar surface area (TPSA) is 28.2 Å². The van der Waals surface area contributed by atoms with Gasteiger partial charge in [0.1, 0.15) is 0 Å². The molecule has 0 fully saturated rings. The van der Waals surface area contributed by atoms with Crippen LogP contribution in [0, 0.1) is 6.92 Å². The molecule has 1 atom stereocenters. The van der Waals surface area contributed by atoms with Crippen LogP contribution in [-0.4, -0.2) is 35.6 Å². The Morgan fingerprint density at radius 2 is 1.84 bits per heavy atom. The maximum atomic E-state index is 6.27. The molecule has 0 radical (unpaired) electrons. The van der Waals surface area contributed by atoms with E-state index < -0.39 is 0 Å². The third-order valence-corrected chi connectivity index (χ3v) is 6.06. The second-order valence-electron chi connectivity index (χ2n) is 8.16. The van der Waals surface area contributed by atoms with Gasteiger partial charge in [-0.15, -0.1) is 0 Å². The predicted molar refractivity (Wildman–Crippen MR) is 137 cm³/mol. The lowest BCUT2D eigenvalue weighted by atomic mass is 10.1. The summed E-state index contributed by atoms with van der Waals surface area (Å²) in [5.74, 6) is 0. The van der Waals surface area contributed by atoms with Gasteiger partial charge in [-0.05, 0) is 87.8 Å². The van der Waals surface area contributed by atoms with Gasteiger partial charge in [0.2, 0.25) is 0 Å². The number of rotatable bonds is 10. The lowest BCUT2D eigenvalue weighted by Crippen LogP contribution is -2.25. The van der Waals surface area contributed by atoms with E-state index in [4.69, 9.17) is 16.6 Å². The first-order valence-corrected chi connectivity index (χ1v) is 11.7. The van der Waals surface area contributed by atoms with Crippen LogP contribution in [-0.2, 0) is 0 Å². The average molecular weight is 436 g/mol. The van der Waals surface area contributed by atoms with Crippen molar-refractivity contribution in [2.45, 2.75) is 46.6 Å². The number of benzene rings is 2. The Kier molecular flexibility index (Phi) is 8.51. The minimum Gasteiger partial charge on any atom is -0.382 e. The minimum absolute atomic E-state index is 0.380. The highest BCUT2D eigenvalue weighted by atomic mass is 35.5. The van der Waals surface area contributed by atoms with Crippen molar-refractivity contribution in [1.82, 2.24) is 9.88 Å². The van der Waals surface area contributed by atoms with Gasteiger partial charge in [-0.2, -0.15) is 0 Å². The molecular formula is C27H34ClN3. The van der Waals surface area contributed by atoms with Gasteiger partial charge in [0.15, 0.2) is 0 Å². The molecule has 31 heavy (non-hydrogen) atoms. The van der Waals surface area contributed by atoms with Crippen molar-refractivity contribution in [3.63, 3.8) is 0 Å². The molecule has 0 aliphatic carbocycles. The van der Waals surface area contributed by atoms with Crippen LogP contribution in [0.1, 0.15) is 50.4 Å². The number of halogens is 1. The van der Waals surface area contributed by atoms with Crippen molar-refractivity contribution in [3.8, 4) is 0 Å². The van der Waals surface area contributed by atoms with E-state index in [1.165, 1.54) is 17.5 Å². The van der Waals surface area contributed by atoms with E-state index in [0.717, 1.165) is 48.3 Å². The minimum atomic E-state index is 0.380. The summed E-state index contributed by atoms with van der Waals surface area (Å²) >= 11 is 6.27. The SMILES string of the molecule is CCN(CC)CCCC(C)Nc1cc(C=Cc2ccccc2C)nc2cc(Cl)ccc12. The Bertz CT molecular complexity index is 1020. The van der Waals surface area contributed by atoms with Crippen LogP contribution in [0.15, 0.2) is 48.5 Å². The van der Waals surface area contributed by atoms with Crippen LogP contribution in [0.4, 0.5) is 5.69 Å². The second-order valence-corrected chi connectivity index (χ2v) is 8.60. The van der Waals surface area contributed by atoms with E-state index in [-0.39, 0.29) is 0 Å². The monoisotopic (exact) mass is 435 g/mol. The first-order valence-electron chi connectivity index (χ1n) is 11.3. The maximum Gasteiger partial charge on any atom is 0.0744 e. The highest BCUT2D eigenvalue weighted by Crippen LogP contribution is 2.28. The van der Waals surface area contributed by atoms with Crippen LogP contribution in [0.25, 0.3) is 23.1 Å². The number of hydrogen-bond acceptors (Lipinski definition) is 3. The molecule has 0 saturated heterocycles. The van der Waals surface area contributed by atoms with Crippen molar-refractivity contribution in [2.75, 3.05) is 25.0 Å².